The number of hydrogen-bond acceptors (Lipinski definition) is 3. The van der Waals surface area contributed by atoms with Gasteiger partial charge in [0.1, 0.15) is 0 Å². The summed E-state index contributed by atoms with van der Waals surface area (Å²) < 4.78 is 0. The van der Waals surface area contributed by atoms with Crippen molar-refractivity contribution in [3.8, 4) is 78.7 Å². The van der Waals surface area contributed by atoms with Crippen LogP contribution in [-0.2, 0) is 12.8 Å². The van der Waals surface area contributed by atoms with Crippen LogP contribution in [0.15, 0.2) is 164 Å². The molecule has 1 heterocycles. The highest BCUT2D eigenvalue weighted by Gasteiger charge is 2.25. The molecule has 3 nitrogen and oxygen atoms in total. The third-order valence-electron chi connectivity index (χ3n) is 10.1. The molecule has 0 spiro atoms. The minimum Gasteiger partial charge on any atom is -0.208 e. The van der Waals surface area contributed by atoms with Crippen LogP contribution >= 0.6 is 0 Å². The first-order valence-electron chi connectivity index (χ1n) is 17.2. The van der Waals surface area contributed by atoms with Gasteiger partial charge >= 0.3 is 0 Å². The van der Waals surface area contributed by atoms with Crippen molar-refractivity contribution in [2.24, 2.45) is 0 Å². The van der Waals surface area contributed by atoms with E-state index in [-0.39, 0.29) is 0 Å². The maximum absolute atomic E-state index is 5.16. The lowest BCUT2D eigenvalue weighted by Crippen LogP contribution is -2.00. The van der Waals surface area contributed by atoms with E-state index in [0.29, 0.717) is 17.5 Å². The molecule has 0 N–H and O–H groups in total. The molecule has 0 bridgehead atoms. The number of benzene rings is 7. The van der Waals surface area contributed by atoms with Gasteiger partial charge < -0.3 is 0 Å². The van der Waals surface area contributed by atoms with Gasteiger partial charge in [0.2, 0.25) is 0 Å². The minimum atomic E-state index is 0.654. The Bertz CT molecular complexity index is 2420. The summed E-state index contributed by atoms with van der Waals surface area (Å²) in [7, 11) is 0. The number of nitrogens with zero attached hydrogens (tertiary/aromatic N) is 3. The van der Waals surface area contributed by atoms with Crippen LogP contribution < -0.4 is 0 Å². The number of fused-ring (bicyclic) bond motifs is 6. The van der Waals surface area contributed by atoms with Crippen molar-refractivity contribution in [2.45, 2.75) is 12.8 Å². The van der Waals surface area contributed by atoms with Crippen LogP contribution in [0.1, 0.15) is 22.3 Å². The fourth-order valence-corrected chi connectivity index (χ4v) is 7.86. The van der Waals surface area contributed by atoms with Gasteiger partial charge in [-0.15, -0.1) is 0 Å². The first-order valence-corrected chi connectivity index (χ1v) is 17.2. The van der Waals surface area contributed by atoms with Crippen molar-refractivity contribution < 1.29 is 0 Å². The Kier molecular flexibility index (Phi) is 6.63. The van der Waals surface area contributed by atoms with Crippen LogP contribution in [0.3, 0.4) is 0 Å². The molecule has 0 saturated carbocycles. The molecule has 234 valence electrons. The highest BCUT2D eigenvalue weighted by molar-refractivity contribution is 5.96. The van der Waals surface area contributed by atoms with E-state index in [1.165, 1.54) is 55.6 Å². The largest absolute Gasteiger partial charge is 0.208 e. The average Bonchev–Trinajstić information content (AvgIpc) is 3.77. The maximum atomic E-state index is 5.16. The van der Waals surface area contributed by atoms with Crippen molar-refractivity contribution in [3.05, 3.63) is 186 Å². The van der Waals surface area contributed by atoms with Crippen molar-refractivity contribution in [2.75, 3.05) is 0 Å². The molecular weight excluding hydrogens is 607 g/mol. The van der Waals surface area contributed by atoms with Gasteiger partial charge in [0.25, 0.3) is 0 Å². The molecular formula is C47H31N3. The zero-order valence-corrected chi connectivity index (χ0v) is 27.3. The molecule has 0 saturated heterocycles. The van der Waals surface area contributed by atoms with E-state index < -0.39 is 0 Å². The first kappa shape index (κ1) is 28.6. The van der Waals surface area contributed by atoms with Crippen molar-refractivity contribution in [3.63, 3.8) is 0 Å². The lowest BCUT2D eigenvalue weighted by atomic mass is 9.88. The van der Waals surface area contributed by atoms with Gasteiger partial charge in [-0.25, -0.2) is 15.0 Å². The predicted molar refractivity (Wildman–Crippen MR) is 203 cm³/mol. The summed E-state index contributed by atoms with van der Waals surface area (Å²) in [5, 5.41) is 0. The predicted octanol–water partition coefficient (Wildman–Crippen LogP) is 11.3. The van der Waals surface area contributed by atoms with Gasteiger partial charge in [0.15, 0.2) is 17.5 Å². The van der Waals surface area contributed by atoms with E-state index in [1.54, 1.807) is 0 Å². The van der Waals surface area contributed by atoms with Gasteiger partial charge in [0, 0.05) is 16.7 Å². The van der Waals surface area contributed by atoms with Crippen LogP contribution in [0.5, 0.6) is 0 Å². The van der Waals surface area contributed by atoms with Crippen molar-refractivity contribution in [1.29, 1.82) is 0 Å². The Morgan fingerprint density at radius 2 is 0.640 bits per heavy atom. The Morgan fingerprint density at radius 3 is 1.12 bits per heavy atom. The normalized spacial score (nSPS) is 12.2. The lowest BCUT2D eigenvalue weighted by molar-refractivity contribution is 1.07. The molecule has 8 aromatic rings. The summed E-state index contributed by atoms with van der Waals surface area (Å²) in [5.41, 5.74) is 18.4. The van der Waals surface area contributed by atoms with Crippen LogP contribution in [0, 0.1) is 0 Å². The van der Waals surface area contributed by atoms with Gasteiger partial charge in [-0.3, -0.25) is 0 Å². The Hall–Kier alpha value is -6.45. The zero-order valence-electron chi connectivity index (χ0n) is 27.3. The summed E-state index contributed by atoms with van der Waals surface area (Å²) in [4.78, 5) is 15.3. The molecule has 1 aromatic heterocycles. The van der Waals surface area contributed by atoms with Gasteiger partial charge in [-0.05, 0) is 97.8 Å². The summed E-state index contributed by atoms with van der Waals surface area (Å²) in [6.07, 6.45) is 1.90. The highest BCUT2D eigenvalue weighted by atomic mass is 15.0. The second-order valence-corrected chi connectivity index (χ2v) is 13.2. The second-order valence-electron chi connectivity index (χ2n) is 13.2. The molecule has 0 radical (unpaired) electrons. The van der Waals surface area contributed by atoms with Gasteiger partial charge in [-0.2, -0.15) is 0 Å². The molecule has 0 unspecified atom stereocenters. The molecule has 10 rings (SSSR count). The summed E-state index contributed by atoms with van der Waals surface area (Å²) in [5.74, 6) is 1.97. The average molecular weight is 638 g/mol. The zero-order chi connectivity index (χ0) is 33.0. The van der Waals surface area contributed by atoms with Crippen molar-refractivity contribution in [1.82, 2.24) is 15.0 Å². The molecule has 0 fully saturated rings. The van der Waals surface area contributed by atoms with Crippen molar-refractivity contribution >= 4 is 0 Å². The number of rotatable bonds is 5. The smallest absolute Gasteiger partial charge is 0.164 e. The number of hydrogen-bond donors (Lipinski definition) is 0. The Balaban J connectivity index is 1.24. The van der Waals surface area contributed by atoms with E-state index in [2.05, 4.69) is 127 Å². The summed E-state index contributed by atoms with van der Waals surface area (Å²) in [6, 6.07) is 58.4. The first-order chi connectivity index (χ1) is 24.8. The molecule has 50 heavy (non-hydrogen) atoms. The Labute approximate surface area is 291 Å². The second kappa shape index (κ2) is 11.6. The van der Waals surface area contributed by atoms with Crippen LogP contribution in [0.4, 0.5) is 0 Å². The summed E-state index contributed by atoms with van der Waals surface area (Å²) >= 11 is 0. The third kappa shape index (κ3) is 4.78. The monoisotopic (exact) mass is 637 g/mol. The molecule has 0 amide bonds. The van der Waals surface area contributed by atoms with E-state index in [9.17, 15) is 0 Å². The quantitative estimate of drug-likeness (QED) is 0.188. The topological polar surface area (TPSA) is 38.7 Å². The maximum Gasteiger partial charge on any atom is 0.164 e. The van der Waals surface area contributed by atoms with E-state index >= 15 is 0 Å². The molecule has 7 aromatic carbocycles. The van der Waals surface area contributed by atoms with Crippen LogP contribution in [0.25, 0.3) is 78.7 Å². The standard InChI is InChI=1S/C47H31N3/c1-3-13-30(14-4-1)45-48-46(31-15-5-2-6-16-31)50-47(49-45)38-28-36(41-23-11-19-34-25-32-17-7-9-21-39(32)43(34)41)27-37(29-38)42-24-12-20-35-26-33-18-8-10-22-40(33)44(35)42/h1-24,27-29H,25-26H2. The SMILES string of the molecule is c1ccc(-c2nc(-c3ccccc3)nc(-c3cc(-c4cccc5c4-c4ccccc4C5)cc(-c4cccc5c4-c4ccccc4C5)c3)n2)cc1. The van der Waals surface area contributed by atoms with E-state index in [1.807, 2.05) is 36.4 Å². The van der Waals surface area contributed by atoms with E-state index in [0.717, 1.165) is 40.7 Å². The highest BCUT2D eigenvalue weighted by Crippen LogP contribution is 2.47. The molecule has 0 atom stereocenters. The van der Waals surface area contributed by atoms with E-state index in [4.69, 9.17) is 15.0 Å². The number of aromatic nitrogens is 3. The molecule has 2 aliphatic carbocycles. The fourth-order valence-electron chi connectivity index (χ4n) is 7.86. The third-order valence-corrected chi connectivity index (χ3v) is 10.1. The lowest BCUT2D eigenvalue weighted by Gasteiger charge is -2.16. The Morgan fingerprint density at radius 1 is 0.280 bits per heavy atom. The van der Waals surface area contributed by atoms with Crippen LogP contribution in [0.2, 0.25) is 0 Å². The van der Waals surface area contributed by atoms with Crippen LogP contribution in [-0.4, -0.2) is 15.0 Å². The minimum absolute atomic E-state index is 0.654. The molecule has 0 aliphatic heterocycles. The molecule has 2 aliphatic rings. The van der Waals surface area contributed by atoms with Gasteiger partial charge in [0.05, 0.1) is 0 Å². The summed E-state index contributed by atoms with van der Waals surface area (Å²) in [6.45, 7) is 0. The molecule has 3 heteroatoms. The van der Waals surface area contributed by atoms with Gasteiger partial charge in [-0.1, -0.05) is 146 Å². The fraction of sp³-hybridized carbons (Fsp3) is 0.0426.